The van der Waals surface area contributed by atoms with Crippen molar-refractivity contribution in [2.75, 3.05) is 32.1 Å². The van der Waals surface area contributed by atoms with E-state index < -0.39 is 11.7 Å². The first-order chi connectivity index (χ1) is 10.4. The standard InChI is InChI=1S/C14H20F3N3O2/c1-22-10-3-2-6-12(21)18-8-9-20-13-11(14(15,16)17)5-4-7-19-13/h4-5,7H,2-3,6,8-10H2,1H3,(H,18,21)(H,19,20). The van der Waals surface area contributed by atoms with E-state index in [2.05, 4.69) is 15.6 Å². The molecule has 0 bridgehead atoms. The zero-order valence-electron chi connectivity index (χ0n) is 12.4. The highest BCUT2D eigenvalue weighted by molar-refractivity contribution is 5.75. The lowest BCUT2D eigenvalue weighted by Gasteiger charge is -2.13. The highest BCUT2D eigenvalue weighted by atomic mass is 19.4. The second kappa shape index (κ2) is 9.24. The largest absolute Gasteiger partial charge is 0.419 e. The van der Waals surface area contributed by atoms with Crippen molar-refractivity contribution >= 4 is 11.7 Å². The molecule has 124 valence electrons. The van der Waals surface area contributed by atoms with Crippen molar-refractivity contribution in [1.29, 1.82) is 0 Å². The molecule has 2 N–H and O–H groups in total. The minimum Gasteiger partial charge on any atom is -0.385 e. The number of ether oxygens (including phenoxy) is 1. The van der Waals surface area contributed by atoms with E-state index in [1.165, 1.54) is 12.3 Å². The summed E-state index contributed by atoms with van der Waals surface area (Å²) in [6.45, 7) is 1.01. The Labute approximate surface area is 127 Å². The van der Waals surface area contributed by atoms with Crippen LogP contribution in [0.15, 0.2) is 18.3 Å². The minimum atomic E-state index is -4.46. The van der Waals surface area contributed by atoms with Gasteiger partial charge in [0.05, 0.1) is 5.56 Å². The minimum absolute atomic E-state index is 0.130. The van der Waals surface area contributed by atoms with Crippen LogP contribution in [0.3, 0.4) is 0 Å². The fraction of sp³-hybridized carbons (Fsp3) is 0.571. The summed E-state index contributed by atoms with van der Waals surface area (Å²) in [7, 11) is 1.60. The van der Waals surface area contributed by atoms with Gasteiger partial charge in [-0.05, 0) is 25.0 Å². The van der Waals surface area contributed by atoms with E-state index in [0.717, 1.165) is 12.5 Å². The molecule has 5 nitrogen and oxygen atoms in total. The highest BCUT2D eigenvalue weighted by Gasteiger charge is 2.33. The second-order valence-corrected chi connectivity index (χ2v) is 4.62. The molecule has 0 aliphatic rings. The normalized spacial score (nSPS) is 11.3. The number of hydrogen-bond acceptors (Lipinski definition) is 4. The zero-order chi connectivity index (χ0) is 16.4. The number of pyridine rings is 1. The fourth-order valence-corrected chi connectivity index (χ4v) is 1.78. The van der Waals surface area contributed by atoms with Crippen LogP contribution in [0.4, 0.5) is 19.0 Å². The van der Waals surface area contributed by atoms with E-state index in [-0.39, 0.29) is 24.8 Å². The number of methoxy groups -OCH3 is 1. The Morgan fingerprint density at radius 2 is 2.09 bits per heavy atom. The number of anilines is 1. The predicted octanol–water partition coefficient (Wildman–Crippen LogP) is 2.45. The Kier molecular flexibility index (Phi) is 7.65. The van der Waals surface area contributed by atoms with Gasteiger partial charge < -0.3 is 15.4 Å². The number of carbonyl (C=O) groups is 1. The molecule has 0 radical (unpaired) electrons. The SMILES string of the molecule is COCCCCC(=O)NCCNc1ncccc1C(F)(F)F. The highest BCUT2D eigenvalue weighted by Crippen LogP contribution is 2.33. The molecular weight excluding hydrogens is 299 g/mol. The second-order valence-electron chi connectivity index (χ2n) is 4.62. The van der Waals surface area contributed by atoms with Gasteiger partial charge in [0.2, 0.25) is 5.91 Å². The van der Waals surface area contributed by atoms with E-state index >= 15 is 0 Å². The van der Waals surface area contributed by atoms with Crippen LogP contribution in [0.1, 0.15) is 24.8 Å². The Hall–Kier alpha value is -1.83. The lowest BCUT2D eigenvalue weighted by atomic mass is 10.2. The molecule has 0 aromatic carbocycles. The predicted molar refractivity (Wildman–Crippen MR) is 76.5 cm³/mol. The summed E-state index contributed by atoms with van der Waals surface area (Å²) in [5.74, 6) is -0.362. The lowest BCUT2D eigenvalue weighted by Crippen LogP contribution is -2.29. The summed E-state index contributed by atoms with van der Waals surface area (Å²) < 4.78 is 43.1. The van der Waals surface area contributed by atoms with E-state index in [9.17, 15) is 18.0 Å². The van der Waals surface area contributed by atoms with Crippen LogP contribution in [0.5, 0.6) is 0 Å². The molecule has 0 fully saturated rings. The number of aromatic nitrogens is 1. The summed E-state index contributed by atoms with van der Waals surface area (Å²) in [5.41, 5.74) is -0.819. The Morgan fingerprint density at radius 1 is 1.32 bits per heavy atom. The quantitative estimate of drug-likeness (QED) is 0.686. The molecule has 0 unspecified atom stereocenters. The van der Waals surface area contributed by atoms with Crippen LogP contribution in [-0.2, 0) is 15.7 Å². The van der Waals surface area contributed by atoms with Crippen LogP contribution in [0.2, 0.25) is 0 Å². The van der Waals surface area contributed by atoms with E-state index in [1.54, 1.807) is 7.11 Å². The number of hydrogen-bond donors (Lipinski definition) is 2. The van der Waals surface area contributed by atoms with Crippen molar-refractivity contribution in [3.63, 3.8) is 0 Å². The number of amides is 1. The average Bonchev–Trinajstić information content (AvgIpc) is 2.47. The van der Waals surface area contributed by atoms with Gasteiger partial charge in [-0.1, -0.05) is 0 Å². The summed E-state index contributed by atoms with van der Waals surface area (Å²) in [6, 6.07) is 2.19. The molecule has 1 aromatic heterocycles. The van der Waals surface area contributed by atoms with Gasteiger partial charge in [0, 0.05) is 39.4 Å². The van der Waals surface area contributed by atoms with Crippen molar-refractivity contribution in [1.82, 2.24) is 10.3 Å². The van der Waals surface area contributed by atoms with Crippen LogP contribution < -0.4 is 10.6 Å². The maximum atomic E-state index is 12.7. The maximum absolute atomic E-state index is 12.7. The number of nitrogens with one attached hydrogen (secondary N) is 2. The van der Waals surface area contributed by atoms with Gasteiger partial charge in [0.1, 0.15) is 5.82 Å². The number of carbonyl (C=O) groups excluding carboxylic acids is 1. The molecule has 1 rings (SSSR count). The van der Waals surface area contributed by atoms with E-state index in [0.29, 0.717) is 19.4 Å². The van der Waals surface area contributed by atoms with Crippen molar-refractivity contribution in [3.8, 4) is 0 Å². The van der Waals surface area contributed by atoms with Crippen molar-refractivity contribution in [2.45, 2.75) is 25.4 Å². The Balaban J connectivity index is 2.29. The molecule has 0 aliphatic heterocycles. The van der Waals surface area contributed by atoms with Gasteiger partial charge in [-0.3, -0.25) is 4.79 Å². The van der Waals surface area contributed by atoms with Crippen molar-refractivity contribution in [3.05, 3.63) is 23.9 Å². The number of halogens is 3. The van der Waals surface area contributed by atoms with Gasteiger partial charge in [0.25, 0.3) is 0 Å². The maximum Gasteiger partial charge on any atom is 0.419 e. The monoisotopic (exact) mass is 319 g/mol. The molecule has 1 aromatic rings. The van der Waals surface area contributed by atoms with Crippen molar-refractivity contribution in [2.24, 2.45) is 0 Å². The number of nitrogens with zero attached hydrogens (tertiary/aromatic N) is 1. The average molecular weight is 319 g/mol. The van der Waals surface area contributed by atoms with Gasteiger partial charge in [-0.25, -0.2) is 4.98 Å². The summed E-state index contributed by atoms with van der Waals surface area (Å²) >= 11 is 0. The van der Waals surface area contributed by atoms with Gasteiger partial charge in [-0.2, -0.15) is 13.2 Å². The smallest absolute Gasteiger partial charge is 0.385 e. The van der Waals surface area contributed by atoms with Gasteiger partial charge >= 0.3 is 6.18 Å². The fourth-order valence-electron chi connectivity index (χ4n) is 1.78. The number of rotatable bonds is 9. The first-order valence-electron chi connectivity index (χ1n) is 6.97. The molecular formula is C14H20F3N3O2. The third-order valence-electron chi connectivity index (χ3n) is 2.86. The zero-order valence-corrected chi connectivity index (χ0v) is 12.4. The van der Waals surface area contributed by atoms with Gasteiger partial charge in [0.15, 0.2) is 0 Å². The topological polar surface area (TPSA) is 63.2 Å². The summed E-state index contributed by atoms with van der Waals surface area (Å²) in [4.78, 5) is 15.1. The Morgan fingerprint density at radius 3 is 2.77 bits per heavy atom. The van der Waals surface area contributed by atoms with Crippen LogP contribution in [-0.4, -0.2) is 37.7 Å². The molecule has 0 atom stereocenters. The van der Waals surface area contributed by atoms with Crippen molar-refractivity contribution < 1.29 is 22.7 Å². The van der Waals surface area contributed by atoms with Gasteiger partial charge in [-0.15, -0.1) is 0 Å². The molecule has 0 saturated heterocycles. The molecule has 0 saturated carbocycles. The van der Waals surface area contributed by atoms with Crippen LogP contribution >= 0.6 is 0 Å². The molecule has 0 aliphatic carbocycles. The number of unbranched alkanes of at least 4 members (excludes halogenated alkanes) is 1. The first kappa shape index (κ1) is 18.2. The lowest BCUT2D eigenvalue weighted by molar-refractivity contribution is -0.137. The van der Waals surface area contributed by atoms with Crippen LogP contribution in [0.25, 0.3) is 0 Å². The third kappa shape index (κ3) is 6.75. The first-order valence-corrected chi connectivity index (χ1v) is 6.97. The molecule has 1 amide bonds. The summed E-state index contributed by atoms with van der Waals surface area (Å²) in [5, 5.41) is 5.22. The molecule has 8 heteroatoms. The molecule has 22 heavy (non-hydrogen) atoms. The summed E-state index contributed by atoms with van der Waals surface area (Å²) in [6.07, 6.45) is -1.29. The molecule has 1 heterocycles. The number of alkyl halides is 3. The van der Waals surface area contributed by atoms with E-state index in [1.807, 2.05) is 0 Å². The van der Waals surface area contributed by atoms with E-state index in [4.69, 9.17) is 4.74 Å². The molecule has 0 spiro atoms. The van der Waals surface area contributed by atoms with Crippen LogP contribution in [0, 0.1) is 0 Å². The Bertz CT molecular complexity index is 467. The third-order valence-corrected chi connectivity index (χ3v) is 2.86.